The van der Waals surface area contributed by atoms with Gasteiger partial charge in [-0.3, -0.25) is 0 Å². The third kappa shape index (κ3) is 5.62. The molecule has 2 N–H and O–H groups in total. The summed E-state index contributed by atoms with van der Waals surface area (Å²) in [4.78, 5) is 0. The molecule has 0 saturated carbocycles. The smallest absolute Gasteiger partial charge is 0.117 e. The van der Waals surface area contributed by atoms with E-state index in [4.69, 9.17) is 0 Å². The molecule has 0 spiro atoms. The minimum atomic E-state index is 0.322. The summed E-state index contributed by atoms with van der Waals surface area (Å²) in [5.41, 5.74) is 1.01. The second-order valence-electron chi connectivity index (χ2n) is 5.65. The molecule has 0 saturated heterocycles. The average molecular weight is 235 g/mol. The number of anilines is 1. The molecule has 0 fully saturated rings. The lowest BCUT2D eigenvalue weighted by atomic mass is 9.95. The third-order valence-corrected chi connectivity index (χ3v) is 2.73. The average Bonchev–Trinajstić information content (AvgIpc) is 2.14. The molecule has 0 unspecified atom stereocenters. The van der Waals surface area contributed by atoms with Gasteiger partial charge < -0.3 is 10.4 Å². The fourth-order valence-electron chi connectivity index (χ4n) is 2.18. The molecular weight excluding hydrogens is 210 g/mol. The van der Waals surface area contributed by atoms with Gasteiger partial charge in [0.05, 0.1) is 0 Å². The fourth-order valence-corrected chi connectivity index (χ4v) is 2.18. The number of hydrogen-bond acceptors (Lipinski definition) is 2. The maximum atomic E-state index is 9.45. The minimum Gasteiger partial charge on any atom is -0.508 e. The molecule has 0 radical (unpaired) electrons. The number of phenolic OH excluding ortho intramolecular Hbond substituents is 1. The summed E-state index contributed by atoms with van der Waals surface area (Å²) >= 11 is 0. The van der Waals surface area contributed by atoms with Crippen molar-refractivity contribution in [2.45, 2.75) is 46.6 Å². The van der Waals surface area contributed by atoms with Crippen LogP contribution in [0.3, 0.4) is 0 Å². The van der Waals surface area contributed by atoms with Crippen molar-refractivity contribution < 1.29 is 5.11 Å². The Hall–Kier alpha value is -1.18. The Kier molecular flexibility index (Phi) is 5.33. The van der Waals surface area contributed by atoms with Crippen LogP contribution in [0.1, 0.15) is 40.5 Å². The maximum absolute atomic E-state index is 9.45. The zero-order chi connectivity index (χ0) is 12.8. The molecule has 17 heavy (non-hydrogen) atoms. The van der Waals surface area contributed by atoms with E-state index in [-0.39, 0.29) is 0 Å². The lowest BCUT2D eigenvalue weighted by molar-refractivity contribution is 0.441. The van der Waals surface area contributed by atoms with Crippen LogP contribution in [0.2, 0.25) is 0 Å². The lowest BCUT2D eigenvalue weighted by Gasteiger charge is -2.23. The fraction of sp³-hybridized carbons (Fsp3) is 0.600. The van der Waals surface area contributed by atoms with Gasteiger partial charge in [0.25, 0.3) is 0 Å². The molecule has 0 bridgehead atoms. The molecule has 2 heteroatoms. The van der Waals surface area contributed by atoms with E-state index in [0.29, 0.717) is 23.6 Å². The van der Waals surface area contributed by atoms with Gasteiger partial charge in [0.15, 0.2) is 0 Å². The number of rotatable bonds is 6. The van der Waals surface area contributed by atoms with Crippen LogP contribution in [0.15, 0.2) is 24.3 Å². The Labute approximate surface area is 105 Å². The third-order valence-electron chi connectivity index (χ3n) is 2.73. The Morgan fingerprint density at radius 3 is 2.12 bits per heavy atom. The summed E-state index contributed by atoms with van der Waals surface area (Å²) in [6.07, 6.45) is 2.32. The van der Waals surface area contributed by atoms with E-state index in [0.717, 1.165) is 18.5 Å². The summed E-state index contributed by atoms with van der Waals surface area (Å²) in [6, 6.07) is 7.85. The highest BCUT2D eigenvalue weighted by molar-refractivity contribution is 5.48. The summed E-state index contributed by atoms with van der Waals surface area (Å²) in [5, 5.41) is 13.0. The van der Waals surface area contributed by atoms with Crippen LogP contribution in [-0.2, 0) is 0 Å². The van der Waals surface area contributed by atoms with E-state index in [1.54, 1.807) is 12.1 Å². The van der Waals surface area contributed by atoms with Gasteiger partial charge in [-0.2, -0.15) is 0 Å². The molecule has 0 aliphatic rings. The topological polar surface area (TPSA) is 32.3 Å². The molecule has 2 nitrogen and oxygen atoms in total. The standard InChI is InChI=1S/C15H25NO/c1-11(2)8-14(9-12(3)4)16-13-6-5-7-15(17)10-13/h5-7,10-12,14,16-17H,8-9H2,1-4H3. The van der Waals surface area contributed by atoms with E-state index < -0.39 is 0 Å². The molecule has 0 aliphatic carbocycles. The molecule has 0 amide bonds. The zero-order valence-electron chi connectivity index (χ0n) is 11.4. The van der Waals surface area contributed by atoms with Crippen LogP contribution in [-0.4, -0.2) is 11.1 Å². The van der Waals surface area contributed by atoms with Gasteiger partial charge in [-0.25, -0.2) is 0 Å². The summed E-state index contributed by atoms with van der Waals surface area (Å²) in [7, 11) is 0. The first kappa shape index (κ1) is 13.9. The molecule has 1 rings (SSSR count). The van der Waals surface area contributed by atoms with E-state index in [1.807, 2.05) is 12.1 Å². The Morgan fingerprint density at radius 2 is 1.65 bits per heavy atom. The Balaban J connectivity index is 2.64. The van der Waals surface area contributed by atoms with Crippen molar-refractivity contribution in [2.24, 2.45) is 11.8 Å². The SMILES string of the molecule is CC(C)CC(CC(C)C)Nc1cccc(O)c1. The van der Waals surface area contributed by atoms with Gasteiger partial charge in [-0.05, 0) is 36.8 Å². The number of phenols is 1. The predicted octanol–water partition coefficient (Wildman–Crippen LogP) is 4.26. The van der Waals surface area contributed by atoms with Crippen LogP contribution in [0.25, 0.3) is 0 Å². The van der Waals surface area contributed by atoms with Crippen molar-refractivity contribution in [2.75, 3.05) is 5.32 Å². The van der Waals surface area contributed by atoms with Gasteiger partial charge in [0.1, 0.15) is 5.75 Å². The van der Waals surface area contributed by atoms with Crippen molar-refractivity contribution in [3.8, 4) is 5.75 Å². The van der Waals surface area contributed by atoms with E-state index in [2.05, 4.69) is 33.0 Å². The number of aromatic hydroxyl groups is 1. The molecule has 1 aromatic rings. The minimum absolute atomic E-state index is 0.322. The first-order valence-electron chi connectivity index (χ1n) is 6.53. The van der Waals surface area contributed by atoms with Crippen molar-refractivity contribution in [3.05, 3.63) is 24.3 Å². The highest BCUT2D eigenvalue weighted by Crippen LogP contribution is 2.21. The van der Waals surface area contributed by atoms with Crippen LogP contribution in [0.4, 0.5) is 5.69 Å². The summed E-state index contributed by atoms with van der Waals surface area (Å²) < 4.78 is 0. The highest BCUT2D eigenvalue weighted by atomic mass is 16.3. The molecule has 0 heterocycles. The van der Waals surface area contributed by atoms with Crippen molar-refractivity contribution in [3.63, 3.8) is 0 Å². The van der Waals surface area contributed by atoms with E-state index in [9.17, 15) is 5.11 Å². The predicted molar refractivity (Wildman–Crippen MR) is 74.4 cm³/mol. The van der Waals surface area contributed by atoms with Crippen LogP contribution in [0.5, 0.6) is 5.75 Å². The van der Waals surface area contributed by atoms with Crippen LogP contribution < -0.4 is 5.32 Å². The summed E-state index contributed by atoms with van der Waals surface area (Å²) in [6.45, 7) is 8.99. The largest absolute Gasteiger partial charge is 0.508 e. The van der Waals surface area contributed by atoms with Gasteiger partial charge >= 0.3 is 0 Å². The highest BCUT2D eigenvalue weighted by Gasteiger charge is 2.12. The van der Waals surface area contributed by atoms with Crippen molar-refractivity contribution >= 4 is 5.69 Å². The first-order valence-corrected chi connectivity index (χ1v) is 6.53. The van der Waals surface area contributed by atoms with Gasteiger partial charge in [-0.15, -0.1) is 0 Å². The monoisotopic (exact) mass is 235 g/mol. The van der Waals surface area contributed by atoms with Gasteiger partial charge in [0.2, 0.25) is 0 Å². The van der Waals surface area contributed by atoms with Crippen LogP contribution >= 0.6 is 0 Å². The zero-order valence-corrected chi connectivity index (χ0v) is 11.4. The maximum Gasteiger partial charge on any atom is 0.117 e. The molecule has 0 atom stereocenters. The van der Waals surface area contributed by atoms with E-state index in [1.165, 1.54) is 0 Å². The number of benzene rings is 1. The second kappa shape index (κ2) is 6.53. The quantitative estimate of drug-likeness (QED) is 0.772. The normalized spacial score (nSPS) is 11.5. The lowest BCUT2D eigenvalue weighted by Crippen LogP contribution is -2.23. The molecular formula is C15H25NO. The Bertz CT molecular complexity index is 323. The first-order chi connectivity index (χ1) is 7.97. The van der Waals surface area contributed by atoms with Crippen molar-refractivity contribution in [1.29, 1.82) is 0 Å². The van der Waals surface area contributed by atoms with Gasteiger partial charge in [0, 0.05) is 17.8 Å². The molecule has 96 valence electrons. The second-order valence-corrected chi connectivity index (χ2v) is 5.65. The number of hydrogen-bond donors (Lipinski definition) is 2. The summed E-state index contributed by atoms with van der Waals surface area (Å²) in [5.74, 6) is 1.69. The number of nitrogens with one attached hydrogen (secondary N) is 1. The van der Waals surface area contributed by atoms with Gasteiger partial charge in [-0.1, -0.05) is 33.8 Å². The molecule has 0 aromatic heterocycles. The Morgan fingerprint density at radius 1 is 1.06 bits per heavy atom. The van der Waals surface area contributed by atoms with E-state index >= 15 is 0 Å². The molecule has 0 aliphatic heterocycles. The van der Waals surface area contributed by atoms with Crippen molar-refractivity contribution in [1.82, 2.24) is 0 Å². The van der Waals surface area contributed by atoms with Crippen LogP contribution in [0, 0.1) is 11.8 Å². The molecule has 1 aromatic carbocycles.